The summed E-state index contributed by atoms with van der Waals surface area (Å²) in [6, 6.07) is 5.84. The number of hydrogen-bond donors (Lipinski definition) is 1. The van der Waals surface area contributed by atoms with Crippen LogP contribution in [0.4, 0.5) is 5.69 Å². The van der Waals surface area contributed by atoms with E-state index in [9.17, 15) is 4.79 Å². The maximum Gasteiger partial charge on any atom is 0.221 e. The molecule has 0 fully saturated rings. The number of rotatable bonds is 7. The van der Waals surface area contributed by atoms with E-state index in [2.05, 4.69) is 10.4 Å². The van der Waals surface area contributed by atoms with Gasteiger partial charge in [0.15, 0.2) is 11.5 Å². The summed E-state index contributed by atoms with van der Waals surface area (Å²) in [5.74, 6) is 1.36. The summed E-state index contributed by atoms with van der Waals surface area (Å²) in [6.45, 7) is 7.12. The predicted molar refractivity (Wildman–Crippen MR) is 84.4 cm³/mol. The maximum atomic E-state index is 11.0. The Labute approximate surface area is 130 Å². The normalized spacial score (nSPS) is 10.3. The van der Waals surface area contributed by atoms with Gasteiger partial charge in [0, 0.05) is 13.1 Å². The minimum Gasteiger partial charge on any atom is -0.490 e. The molecule has 0 bridgehead atoms. The van der Waals surface area contributed by atoms with Gasteiger partial charge in [0.25, 0.3) is 0 Å². The van der Waals surface area contributed by atoms with Gasteiger partial charge in [0.05, 0.1) is 31.6 Å². The van der Waals surface area contributed by atoms with E-state index in [0.717, 1.165) is 17.1 Å². The minimum atomic E-state index is -0.112. The SMILES string of the molecule is CCOc1ccc(Cn2cc(NC(C)=O)cn2)cc1OCC. The molecule has 0 atom stereocenters. The highest BCUT2D eigenvalue weighted by atomic mass is 16.5. The Morgan fingerprint density at radius 3 is 2.64 bits per heavy atom. The molecule has 0 aliphatic heterocycles. The third-order valence-corrected chi connectivity index (χ3v) is 2.91. The maximum absolute atomic E-state index is 11.0. The molecule has 0 aliphatic carbocycles. The lowest BCUT2D eigenvalue weighted by atomic mass is 10.2. The second kappa shape index (κ2) is 7.49. The van der Waals surface area contributed by atoms with Crippen molar-refractivity contribution in [2.75, 3.05) is 18.5 Å². The number of amides is 1. The Kier molecular flexibility index (Phi) is 5.41. The monoisotopic (exact) mass is 303 g/mol. The van der Waals surface area contributed by atoms with Gasteiger partial charge in [0.1, 0.15) is 0 Å². The first kappa shape index (κ1) is 15.9. The van der Waals surface area contributed by atoms with E-state index in [1.54, 1.807) is 17.1 Å². The van der Waals surface area contributed by atoms with Crippen molar-refractivity contribution in [2.24, 2.45) is 0 Å². The van der Waals surface area contributed by atoms with Crippen molar-refractivity contribution in [3.63, 3.8) is 0 Å². The van der Waals surface area contributed by atoms with Gasteiger partial charge < -0.3 is 14.8 Å². The molecular weight excluding hydrogens is 282 g/mol. The van der Waals surface area contributed by atoms with E-state index >= 15 is 0 Å². The first-order chi connectivity index (χ1) is 10.6. The molecule has 0 spiro atoms. The van der Waals surface area contributed by atoms with Gasteiger partial charge in [-0.05, 0) is 31.5 Å². The lowest BCUT2D eigenvalue weighted by molar-refractivity contribution is -0.114. The summed E-state index contributed by atoms with van der Waals surface area (Å²) >= 11 is 0. The summed E-state index contributed by atoms with van der Waals surface area (Å²) in [6.07, 6.45) is 3.41. The number of carbonyl (C=O) groups excluding carboxylic acids is 1. The van der Waals surface area contributed by atoms with Crippen LogP contribution in [-0.2, 0) is 11.3 Å². The predicted octanol–water partition coefficient (Wildman–Crippen LogP) is 2.69. The number of aromatic nitrogens is 2. The second-order valence-electron chi connectivity index (χ2n) is 4.75. The fraction of sp³-hybridized carbons (Fsp3) is 0.375. The summed E-state index contributed by atoms with van der Waals surface area (Å²) in [4.78, 5) is 11.0. The van der Waals surface area contributed by atoms with Crippen molar-refractivity contribution in [3.8, 4) is 11.5 Å². The average molecular weight is 303 g/mol. The Bertz CT molecular complexity index is 637. The molecule has 0 aliphatic rings. The van der Waals surface area contributed by atoms with Crippen LogP contribution in [0.25, 0.3) is 0 Å². The number of nitrogens with zero attached hydrogens (tertiary/aromatic N) is 2. The third-order valence-electron chi connectivity index (χ3n) is 2.91. The zero-order valence-corrected chi connectivity index (χ0v) is 13.1. The number of anilines is 1. The Balaban J connectivity index is 2.13. The lowest BCUT2D eigenvalue weighted by Crippen LogP contribution is -2.05. The fourth-order valence-electron chi connectivity index (χ4n) is 2.10. The lowest BCUT2D eigenvalue weighted by Gasteiger charge is -2.12. The summed E-state index contributed by atoms with van der Waals surface area (Å²) in [5, 5.41) is 6.93. The molecule has 1 aromatic carbocycles. The Morgan fingerprint density at radius 2 is 1.95 bits per heavy atom. The first-order valence-electron chi connectivity index (χ1n) is 7.31. The molecule has 0 unspecified atom stereocenters. The topological polar surface area (TPSA) is 65.4 Å². The van der Waals surface area contributed by atoms with Crippen molar-refractivity contribution in [2.45, 2.75) is 27.3 Å². The number of benzene rings is 1. The largest absolute Gasteiger partial charge is 0.490 e. The summed E-state index contributed by atoms with van der Waals surface area (Å²) < 4.78 is 12.9. The van der Waals surface area contributed by atoms with Crippen LogP contribution in [0, 0.1) is 0 Å². The summed E-state index contributed by atoms with van der Waals surface area (Å²) in [5.41, 5.74) is 1.73. The van der Waals surface area contributed by atoms with Gasteiger partial charge in [-0.3, -0.25) is 9.48 Å². The standard InChI is InChI=1S/C16H21N3O3/c1-4-21-15-7-6-13(8-16(15)22-5-2)10-19-11-14(9-17-19)18-12(3)20/h6-9,11H,4-5,10H2,1-3H3,(H,18,20). The first-order valence-corrected chi connectivity index (χ1v) is 7.31. The van der Waals surface area contributed by atoms with Crippen LogP contribution >= 0.6 is 0 Å². The van der Waals surface area contributed by atoms with Crippen LogP contribution in [0.5, 0.6) is 11.5 Å². The molecule has 0 saturated heterocycles. The molecule has 0 saturated carbocycles. The highest BCUT2D eigenvalue weighted by Crippen LogP contribution is 2.28. The molecule has 22 heavy (non-hydrogen) atoms. The number of hydrogen-bond acceptors (Lipinski definition) is 4. The number of ether oxygens (including phenoxy) is 2. The van der Waals surface area contributed by atoms with Crippen molar-refractivity contribution in [1.82, 2.24) is 9.78 Å². The van der Waals surface area contributed by atoms with Crippen molar-refractivity contribution < 1.29 is 14.3 Å². The highest BCUT2D eigenvalue weighted by molar-refractivity contribution is 5.88. The van der Waals surface area contributed by atoms with Gasteiger partial charge in [-0.15, -0.1) is 0 Å². The van der Waals surface area contributed by atoms with Crippen molar-refractivity contribution in [1.29, 1.82) is 0 Å². The van der Waals surface area contributed by atoms with Crippen LogP contribution in [0.15, 0.2) is 30.6 Å². The van der Waals surface area contributed by atoms with Crippen LogP contribution in [0.1, 0.15) is 26.3 Å². The Hall–Kier alpha value is -2.50. The zero-order valence-electron chi connectivity index (χ0n) is 13.1. The van der Waals surface area contributed by atoms with Crippen LogP contribution in [0.2, 0.25) is 0 Å². The summed E-state index contributed by atoms with van der Waals surface area (Å²) in [7, 11) is 0. The highest BCUT2D eigenvalue weighted by Gasteiger charge is 2.07. The van der Waals surface area contributed by atoms with E-state index in [4.69, 9.17) is 9.47 Å². The molecule has 6 heteroatoms. The number of carbonyl (C=O) groups is 1. The van der Waals surface area contributed by atoms with Crippen LogP contribution in [0.3, 0.4) is 0 Å². The molecule has 2 rings (SSSR count). The van der Waals surface area contributed by atoms with Crippen LogP contribution < -0.4 is 14.8 Å². The van der Waals surface area contributed by atoms with Crippen molar-refractivity contribution in [3.05, 3.63) is 36.2 Å². The second-order valence-corrected chi connectivity index (χ2v) is 4.75. The Morgan fingerprint density at radius 1 is 1.23 bits per heavy atom. The van der Waals surface area contributed by atoms with Crippen LogP contribution in [-0.4, -0.2) is 28.9 Å². The molecule has 6 nitrogen and oxygen atoms in total. The van der Waals surface area contributed by atoms with E-state index in [-0.39, 0.29) is 5.91 Å². The average Bonchev–Trinajstić information content (AvgIpc) is 2.88. The zero-order chi connectivity index (χ0) is 15.9. The number of nitrogens with one attached hydrogen (secondary N) is 1. The molecule has 1 aromatic heterocycles. The molecule has 1 amide bonds. The van der Waals surface area contributed by atoms with E-state index in [0.29, 0.717) is 25.4 Å². The molecule has 2 aromatic rings. The third kappa shape index (κ3) is 4.25. The quantitative estimate of drug-likeness (QED) is 0.854. The smallest absolute Gasteiger partial charge is 0.221 e. The fourth-order valence-corrected chi connectivity index (χ4v) is 2.10. The molecule has 118 valence electrons. The van der Waals surface area contributed by atoms with Crippen molar-refractivity contribution >= 4 is 11.6 Å². The molecule has 1 N–H and O–H groups in total. The van der Waals surface area contributed by atoms with Gasteiger partial charge in [-0.25, -0.2) is 0 Å². The van der Waals surface area contributed by atoms with Gasteiger partial charge >= 0.3 is 0 Å². The van der Waals surface area contributed by atoms with Gasteiger partial charge in [-0.2, -0.15) is 5.10 Å². The van der Waals surface area contributed by atoms with E-state index < -0.39 is 0 Å². The van der Waals surface area contributed by atoms with E-state index in [1.165, 1.54) is 6.92 Å². The molecule has 0 radical (unpaired) electrons. The molecule has 1 heterocycles. The minimum absolute atomic E-state index is 0.112. The van der Waals surface area contributed by atoms with Gasteiger partial charge in [-0.1, -0.05) is 6.07 Å². The van der Waals surface area contributed by atoms with Gasteiger partial charge in [0.2, 0.25) is 5.91 Å². The van der Waals surface area contributed by atoms with E-state index in [1.807, 2.05) is 32.0 Å². The molecular formula is C16H21N3O3.